The summed E-state index contributed by atoms with van der Waals surface area (Å²) in [5.74, 6) is -0.432. The van der Waals surface area contributed by atoms with Gasteiger partial charge in [0, 0.05) is 5.56 Å². The van der Waals surface area contributed by atoms with Crippen molar-refractivity contribution in [1.82, 2.24) is 0 Å². The lowest BCUT2D eigenvalue weighted by Crippen LogP contribution is -2.19. The molecule has 0 aromatic heterocycles. The number of phenolic OH excluding ortho intramolecular Hbond substituents is 1. The third kappa shape index (κ3) is 3.03. The molecule has 0 aliphatic rings. The number of nitrogens with two attached hydrogens (primary N) is 1. The fraction of sp³-hybridized carbons (Fsp3) is 0.125. The number of thiocarbonyl (C=S) groups is 1. The maximum Gasteiger partial charge on any atom is 0.259 e. The van der Waals surface area contributed by atoms with Crippen molar-refractivity contribution < 1.29 is 9.90 Å². The van der Waals surface area contributed by atoms with E-state index in [9.17, 15) is 9.90 Å². The molecule has 0 saturated carbocycles. The van der Waals surface area contributed by atoms with Crippen LogP contribution in [0.4, 0.5) is 5.69 Å². The van der Waals surface area contributed by atoms with E-state index in [2.05, 4.69) is 5.32 Å². The maximum absolute atomic E-state index is 12.3. The summed E-state index contributed by atoms with van der Waals surface area (Å²) in [7, 11) is 0. The van der Waals surface area contributed by atoms with Gasteiger partial charge in [-0.05, 0) is 37.1 Å². The molecule has 0 aliphatic carbocycles. The second-order valence-corrected chi connectivity index (χ2v) is 5.23. The number of carbonyl (C=O) groups is 1. The van der Waals surface area contributed by atoms with E-state index >= 15 is 0 Å². The Hall–Kier alpha value is -2.40. The first-order chi connectivity index (χ1) is 9.91. The van der Waals surface area contributed by atoms with Crippen LogP contribution >= 0.6 is 12.2 Å². The van der Waals surface area contributed by atoms with E-state index in [0.29, 0.717) is 16.8 Å². The number of aromatic hydroxyl groups is 1. The van der Waals surface area contributed by atoms with Crippen LogP contribution in [0.1, 0.15) is 27.0 Å². The maximum atomic E-state index is 12.3. The number of phenols is 1. The topological polar surface area (TPSA) is 75.4 Å². The molecular weight excluding hydrogens is 284 g/mol. The van der Waals surface area contributed by atoms with Crippen molar-refractivity contribution in [2.75, 3.05) is 5.32 Å². The Labute approximate surface area is 128 Å². The van der Waals surface area contributed by atoms with Crippen LogP contribution < -0.4 is 11.1 Å². The van der Waals surface area contributed by atoms with Crippen LogP contribution in [0.25, 0.3) is 0 Å². The van der Waals surface area contributed by atoms with Gasteiger partial charge in [0.1, 0.15) is 10.7 Å². The lowest BCUT2D eigenvalue weighted by Gasteiger charge is -2.13. The highest BCUT2D eigenvalue weighted by Crippen LogP contribution is 2.24. The molecule has 0 heterocycles. The number of para-hydroxylation sites is 1. The van der Waals surface area contributed by atoms with Crippen LogP contribution in [0.2, 0.25) is 0 Å². The number of amides is 1. The molecule has 0 bridgehead atoms. The summed E-state index contributed by atoms with van der Waals surface area (Å²) in [4.78, 5) is 12.5. The third-order valence-corrected chi connectivity index (χ3v) is 3.45. The van der Waals surface area contributed by atoms with Crippen LogP contribution in [0.5, 0.6) is 5.75 Å². The van der Waals surface area contributed by atoms with Gasteiger partial charge in [-0.25, -0.2) is 0 Å². The van der Waals surface area contributed by atoms with Crippen molar-refractivity contribution in [2.45, 2.75) is 13.8 Å². The van der Waals surface area contributed by atoms with Crippen LogP contribution in [0.3, 0.4) is 0 Å². The van der Waals surface area contributed by atoms with Gasteiger partial charge in [-0.15, -0.1) is 0 Å². The lowest BCUT2D eigenvalue weighted by molar-refractivity contribution is 0.102. The molecule has 21 heavy (non-hydrogen) atoms. The number of benzene rings is 2. The van der Waals surface area contributed by atoms with Crippen molar-refractivity contribution in [1.29, 1.82) is 0 Å². The summed E-state index contributed by atoms with van der Waals surface area (Å²) in [6.45, 7) is 3.60. The van der Waals surface area contributed by atoms with E-state index < -0.39 is 5.91 Å². The van der Waals surface area contributed by atoms with Gasteiger partial charge in [-0.3, -0.25) is 4.79 Å². The first-order valence-corrected chi connectivity index (χ1v) is 6.82. The van der Waals surface area contributed by atoms with Crippen LogP contribution in [-0.2, 0) is 0 Å². The average Bonchev–Trinajstić information content (AvgIpc) is 2.41. The standard InChI is InChI=1S/C16H16N2O2S/c1-9-5-4-8-12(13(9)15(17)21)18-16(20)11-7-3-6-10(2)14(11)19/h3-8,19H,1-2H3,(H2,17,21)(H,18,20). The van der Waals surface area contributed by atoms with Crippen molar-refractivity contribution >= 4 is 28.8 Å². The first kappa shape index (κ1) is 15.0. The average molecular weight is 300 g/mol. The molecule has 4 nitrogen and oxygen atoms in total. The summed E-state index contributed by atoms with van der Waals surface area (Å²) in [6, 6.07) is 10.4. The number of carbonyl (C=O) groups excluding carboxylic acids is 1. The van der Waals surface area contributed by atoms with Gasteiger partial charge in [0.2, 0.25) is 0 Å². The predicted octanol–water partition coefficient (Wildman–Crippen LogP) is 2.90. The van der Waals surface area contributed by atoms with Crippen LogP contribution in [-0.4, -0.2) is 16.0 Å². The molecule has 0 radical (unpaired) electrons. The summed E-state index contributed by atoms with van der Waals surface area (Å²) < 4.78 is 0. The van der Waals surface area contributed by atoms with Gasteiger partial charge in [0.15, 0.2) is 0 Å². The fourth-order valence-corrected chi connectivity index (χ4v) is 2.40. The molecule has 0 unspecified atom stereocenters. The number of hydrogen-bond acceptors (Lipinski definition) is 3. The normalized spacial score (nSPS) is 10.2. The van der Waals surface area contributed by atoms with E-state index in [0.717, 1.165) is 5.56 Å². The smallest absolute Gasteiger partial charge is 0.259 e. The zero-order chi connectivity index (χ0) is 15.6. The van der Waals surface area contributed by atoms with Crippen molar-refractivity contribution in [2.24, 2.45) is 5.73 Å². The van der Waals surface area contributed by atoms with E-state index in [4.69, 9.17) is 18.0 Å². The minimum atomic E-state index is -0.403. The molecule has 0 fully saturated rings. The van der Waals surface area contributed by atoms with Gasteiger partial charge in [-0.2, -0.15) is 0 Å². The SMILES string of the molecule is Cc1cccc(C(=O)Nc2cccc(C)c2C(N)=S)c1O. The lowest BCUT2D eigenvalue weighted by atomic mass is 10.1. The highest BCUT2D eigenvalue weighted by molar-refractivity contribution is 7.80. The van der Waals surface area contributed by atoms with Crippen molar-refractivity contribution in [3.05, 3.63) is 58.7 Å². The minimum Gasteiger partial charge on any atom is -0.507 e. The van der Waals surface area contributed by atoms with E-state index in [1.807, 2.05) is 19.1 Å². The Balaban J connectivity index is 2.39. The molecule has 1 amide bonds. The molecule has 0 aliphatic heterocycles. The van der Waals surface area contributed by atoms with Gasteiger partial charge in [0.05, 0.1) is 11.3 Å². The Morgan fingerprint density at radius 1 is 1.14 bits per heavy atom. The highest BCUT2D eigenvalue weighted by Gasteiger charge is 2.15. The van der Waals surface area contributed by atoms with E-state index in [1.165, 1.54) is 0 Å². The quantitative estimate of drug-likeness (QED) is 0.762. The molecule has 2 aromatic carbocycles. The van der Waals surface area contributed by atoms with E-state index in [1.54, 1.807) is 31.2 Å². The second kappa shape index (κ2) is 5.93. The fourth-order valence-electron chi connectivity index (χ4n) is 2.13. The van der Waals surface area contributed by atoms with Gasteiger partial charge in [0.25, 0.3) is 5.91 Å². The third-order valence-electron chi connectivity index (χ3n) is 3.25. The number of anilines is 1. The Morgan fingerprint density at radius 2 is 1.76 bits per heavy atom. The molecule has 2 rings (SSSR count). The molecule has 2 aromatic rings. The van der Waals surface area contributed by atoms with Crippen molar-refractivity contribution in [3.63, 3.8) is 0 Å². The summed E-state index contributed by atoms with van der Waals surface area (Å²) in [5, 5.41) is 12.7. The van der Waals surface area contributed by atoms with Crippen molar-refractivity contribution in [3.8, 4) is 5.75 Å². The number of rotatable bonds is 3. The van der Waals surface area contributed by atoms with Gasteiger partial charge >= 0.3 is 0 Å². The second-order valence-electron chi connectivity index (χ2n) is 4.79. The molecule has 4 N–H and O–H groups in total. The summed E-state index contributed by atoms with van der Waals surface area (Å²) in [5.41, 5.74) is 8.62. The molecule has 0 spiro atoms. The minimum absolute atomic E-state index is 0.0282. The Bertz CT molecular complexity index is 726. The number of hydrogen-bond donors (Lipinski definition) is 3. The molecule has 5 heteroatoms. The predicted molar refractivity (Wildman–Crippen MR) is 87.9 cm³/mol. The van der Waals surface area contributed by atoms with Gasteiger partial charge in [-0.1, -0.05) is 36.5 Å². The Kier molecular flexibility index (Phi) is 4.23. The molecule has 0 atom stereocenters. The largest absolute Gasteiger partial charge is 0.507 e. The summed E-state index contributed by atoms with van der Waals surface area (Å²) >= 11 is 5.03. The molecule has 0 saturated heterocycles. The zero-order valence-corrected chi connectivity index (χ0v) is 12.6. The van der Waals surface area contributed by atoms with Crippen LogP contribution in [0, 0.1) is 13.8 Å². The highest BCUT2D eigenvalue weighted by atomic mass is 32.1. The van der Waals surface area contributed by atoms with Crippen LogP contribution in [0.15, 0.2) is 36.4 Å². The monoisotopic (exact) mass is 300 g/mol. The number of aryl methyl sites for hydroxylation is 2. The summed E-state index contributed by atoms with van der Waals surface area (Å²) in [6.07, 6.45) is 0. The van der Waals surface area contributed by atoms with Gasteiger partial charge < -0.3 is 16.2 Å². The molecular formula is C16H16N2O2S. The van der Waals surface area contributed by atoms with E-state index in [-0.39, 0.29) is 16.3 Å². The Morgan fingerprint density at radius 3 is 2.43 bits per heavy atom. The zero-order valence-electron chi connectivity index (χ0n) is 11.8. The first-order valence-electron chi connectivity index (χ1n) is 6.41. The number of nitrogens with one attached hydrogen (secondary N) is 1. The molecule has 108 valence electrons.